The summed E-state index contributed by atoms with van der Waals surface area (Å²) >= 11 is 0. The standard InChI is InChI=1S/C16H25N5O3/c1-7-22-8-2-19(1)14-13-15(20-3-9-23-10-4-20)18-16(17-14)21-5-11-24-12-6-21/h13H,1-12H2. The normalized spacial score (nSPS) is 22.8. The second-order valence-corrected chi connectivity index (χ2v) is 6.18. The van der Waals surface area contributed by atoms with E-state index in [4.69, 9.17) is 24.2 Å². The van der Waals surface area contributed by atoms with Crippen molar-refractivity contribution in [2.45, 2.75) is 0 Å². The third kappa shape index (κ3) is 3.55. The first-order chi connectivity index (χ1) is 11.9. The van der Waals surface area contributed by atoms with E-state index >= 15 is 0 Å². The molecule has 0 radical (unpaired) electrons. The average Bonchev–Trinajstić information content (AvgIpc) is 2.70. The van der Waals surface area contributed by atoms with Crippen LogP contribution in [-0.2, 0) is 14.2 Å². The molecular weight excluding hydrogens is 310 g/mol. The zero-order valence-corrected chi connectivity index (χ0v) is 14.0. The zero-order valence-electron chi connectivity index (χ0n) is 14.0. The van der Waals surface area contributed by atoms with Crippen LogP contribution in [0.2, 0.25) is 0 Å². The number of anilines is 3. The maximum Gasteiger partial charge on any atom is 0.229 e. The van der Waals surface area contributed by atoms with Gasteiger partial charge in [0.05, 0.1) is 39.6 Å². The lowest BCUT2D eigenvalue weighted by Crippen LogP contribution is -2.41. The number of aromatic nitrogens is 2. The Bertz CT molecular complexity index is 452. The quantitative estimate of drug-likeness (QED) is 0.764. The van der Waals surface area contributed by atoms with Crippen LogP contribution in [0.3, 0.4) is 0 Å². The molecule has 24 heavy (non-hydrogen) atoms. The Morgan fingerprint density at radius 3 is 1.38 bits per heavy atom. The van der Waals surface area contributed by atoms with Crippen LogP contribution in [0.15, 0.2) is 6.07 Å². The van der Waals surface area contributed by atoms with Crippen molar-refractivity contribution in [2.75, 3.05) is 93.6 Å². The molecule has 0 aliphatic carbocycles. The molecule has 4 rings (SSSR count). The van der Waals surface area contributed by atoms with Gasteiger partial charge in [-0.25, -0.2) is 0 Å². The molecule has 3 fully saturated rings. The average molecular weight is 335 g/mol. The van der Waals surface area contributed by atoms with Gasteiger partial charge in [0.15, 0.2) is 0 Å². The van der Waals surface area contributed by atoms with Crippen LogP contribution in [0, 0.1) is 0 Å². The molecule has 0 spiro atoms. The Morgan fingerprint density at radius 2 is 0.958 bits per heavy atom. The summed E-state index contributed by atoms with van der Waals surface area (Å²) in [6.07, 6.45) is 0. The van der Waals surface area contributed by atoms with E-state index in [0.717, 1.165) is 96.5 Å². The molecule has 1 aromatic heterocycles. The maximum atomic E-state index is 5.48. The van der Waals surface area contributed by atoms with Gasteiger partial charge in [-0.3, -0.25) is 0 Å². The van der Waals surface area contributed by atoms with Gasteiger partial charge in [-0.1, -0.05) is 0 Å². The summed E-state index contributed by atoms with van der Waals surface area (Å²) in [5, 5.41) is 0. The summed E-state index contributed by atoms with van der Waals surface area (Å²) in [7, 11) is 0. The van der Waals surface area contributed by atoms with Crippen molar-refractivity contribution in [3.8, 4) is 0 Å². The second-order valence-electron chi connectivity index (χ2n) is 6.18. The third-order valence-corrected chi connectivity index (χ3v) is 4.65. The van der Waals surface area contributed by atoms with E-state index in [1.54, 1.807) is 0 Å². The predicted molar refractivity (Wildman–Crippen MR) is 91.1 cm³/mol. The SMILES string of the molecule is c1c(N2CCOCC2)nc(N2CCOCC2)nc1N1CCOCC1. The molecule has 0 amide bonds. The molecule has 0 saturated carbocycles. The van der Waals surface area contributed by atoms with Crippen molar-refractivity contribution < 1.29 is 14.2 Å². The minimum atomic E-state index is 0.734. The molecule has 0 bridgehead atoms. The van der Waals surface area contributed by atoms with Crippen molar-refractivity contribution in [1.82, 2.24) is 9.97 Å². The highest BCUT2D eigenvalue weighted by atomic mass is 16.5. The minimum absolute atomic E-state index is 0.734. The molecule has 0 atom stereocenters. The number of rotatable bonds is 3. The summed E-state index contributed by atoms with van der Waals surface area (Å²) < 4.78 is 16.4. The van der Waals surface area contributed by atoms with E-state index in [2.05, 4.69) is 20.8 Å². The van der Waals surface area contributed by atoms with Gasteiger partial charge in [0.2, 0.25) is 5.95 Å². The number of nitrogens with zero attached hydrogens (tertiary/aromatic N) is 5. The van der Waals surface area contributed by atoms with Gasteiger partial charge in [-0.05, 0) is 0 Å². The van der Waals surface area contributed by atoms with E-state index in [1.807, 2.05) is 0 Å². The molecule has 3 saturated heterocycles. The molecule has 3 aliphatic heterocycles. The molecule has 0 aromatic carbocycles. The van der Waals surface area contributed by atoms with Crippen LogP contribution in [0.1, 0.15) is 0 Å². The van der Waals surface area contributed by atoms with Gasteiger partial charge in [-0.2, -0.15) is 9.97 Å². The first-order valence-corrected chi connectivity index (χ1v) is 8.77. The van der Waals surface area contributed by atoms with E-state index in [0.29, 0.717) is 0 Å². The molecule has 8 nitrogen and oxygen atoms in total. The van der Waals surface area contributed by atoms with Gasteiger partial charge in [0, 0.05) is 45.3 Å². The van der Waals surface area contributed by atoms with Crippen LogP contribution in [-0.4, -0.2) is 88.9 Å². The monoisotopic (exact) mass is 335 g/mol. The first-order valence-electron chi connectivity index (χ1n) is 8.77. The van der Waals surface area contributed by atoms with Crippen LogP contribution in [0.25, 0.3) is 0 Å². The Hall–Kier alpha value is -1.64. The summed E-state index contributed by atoms with van der Waals surface area (Å²) in [5.41, 5.74) is 0. The van der Waals surface area contributed by atoms with Crippen LogP contribution < -0.4 is 14.7 Å². The highest BCUT2D eigenvalue weighted by Crippen LogP contribution is 2.25. The lowest BCUT2D eigenvalue weighted by atomic mass is 10.3. The molecule has 0 N–H and O–H groups in total. The largest absolute Gasteiger partial charge is 0.378 e. The minimum Gasteiger partial charge on any atom is -0.378 e. The fourth-order valence-electron chi connectivity index (χ4n) is 3.22. The van der Waals surface area contributed by atoms with Crippen molar-refractivity contribution in [3.63, 3.8) is 0 Å². The third-order valence-electron chi connectivity index (χ3n) is 4.65. The molecule has 3 aliphatic rings. The second kappa shape index (κ2) is 7.50. The van der Waals surface area contributed by atoms with Crippen molar-refractivity contribution >= 4 is 17.6 Å². The molecule has 4 heterocycles. The van der Waals surface area contributed by atoms with Gasteiger partial charge < -0.3 is 28.9 Å². The van der Waals surface area contributed by atoms with Crippen LogP contribution >= 0.6 is 0 Å². The molecule has 132 valence electrons. The lowest BCUT2D eigenvalue weighted by Gasteiger charge is -2.33. The lowest BCUT2D eigenvalue weighted by molar-refractivity contribution is 0.120. The Kier molecular flexibility index (Phi) is 4.96. The highest BCUT2D eigenvalue weighted by molar-refractivity contribution is 5.56. The number of hydrogen-bond donors (Lipinski definition) is 0. The van der Waals surface area contributed by atoms with E-state index in [-0.39, 0.29) is 0 Å². The van der Waals surface area contributed by atoms with Crippen molar-refractivity contribution in [1.29, 1.82) is 0 Å². The molecular formula is C16H25N5O3. The molecule has 0 unspecified atom stereocenters. The van der Waals surface area contributed by atoms with Gasteiger partial charge in [-0.15, -0.1) is 0 Å². The summed E-state index contributed by atoms with van der Waals surface area (Å²) in [5.74, 6) is 2.80. The first kappa shape index (κ1) is 15.9. The fourth-order valence-corrected chi connectivity index (χ4v) is 3.22. The Balaban J connectivity index is 1.63. The number of ether oxygens (including phenoxy) is 3. The van der Waals surface area contributed by atoms with Gasteiger partial charge in [0.1, 0.15) is 11.6 Å². The van der Waals surface area contributed by atoms with Crippen molar-refractivity contribution in [2.24, 2.45) is 0 Å². The van der Waals surface area contributed by atoms with E-state index < -0.39 is 0 Å². The van der Waals surface area contributed by atoms with Crippen LogP contribution in [0.4, 0.5) is 17.6 Å². The number of hydrogen-bond acceptors (Lipinski definition) is 8. The molecule has 1 aromatic rings. The topological polar surface area (TPSA) is 63.2 Å². The van der Waals surface area contributed by atoms with Gasteiger partial charge >= 0.3 is 0 Å². The fraction of sp³-hybridized carbons (Fsp3) is 0.750. The highest BCUT2D eigenvalue weighted by Gasteiger charge is 2.22. The maximum absolute atomic E-state index is 5.48. The predicted octanol–water partition coefficient (Wildman–Crippen LogP) is -0.0136. The summed E-state index contributed by atoms with van der Waals surface area (Å²) in [6, 6.07) is 2.11. The smallest absolute Gasteiger partial charge is 0.229 e. The van der Waals surface area contributed by atoms with Gasteiger partial charge in [0.25, 0.3) is 0 Å². The summed E-state index contributed by atoms with van der Waals surface area (Å²) in [4.78, 5) is 16.5. The van der Waals surface area contributed by atoms with Crippen molar-refractivity contribution in [3.05, 3.63) is 6.07 Å². The Morgan fingerprint density at radius 1 is 0.583 bits per heavy atom. The summed E-state index contributed by atoms with van der Waals surface area (Å²) in [6.45, 7) is 9.68. The van der Waals surface area contributed by atoms with Crippen LogP contribution in [0.5, 0.6) is 0 Å². The van der Waals surface area contributed by atoms with E-state index in [1.165, 1.54) is 0 Å². The number of morpholine rings is 3. The Labute approximate surface area is 142 Å². The molecule has 8 heteroatoms. The zero-order chi connectivity index (χ0) is 16.2. The van der Waals surface area contributed by atoms with E-state index in [9.17, 15) is 0 Å².